The first-order chi connectivity index (χ1) is 7.56. The molecule has 1 aromatic rings. The van der Waals surface area contributed by atoms with Crippen molar-refractivity contribution in [1.82, 2.24) is 0 Å². The van der Waals surface area contributed by atoms with Gasteiger partial charge in [-0.15, -0.1) is 0 Å². The lowest BCUT2D eigenvalue weighted by molar-refractivity contribution is 0.311. The molecule has 0 fully saturated rings. The van der Waals surface area contributed by atoms with Gasteiger partial charge in [0.25, 0.3) is 0 Å². The van der Waals surface area contributed by atoms with Gasteiger partial charge in [-0.1, -0.05) is 25.4 Å². The number of benzene rings is 1. The molecule has 0 amide bonds. The molecule has 0 heterocycles. The second-order valence-corrected chi connectivity index (χ2v) is 4.69. The van der Waals surface area contributed by atoms with Crippen LogP contribution in [-0.4, -0.2) is 13.2 Å². The Morgan fingerprint density at radius 1 is 1.38 bits per heavy atom. The Kier molecular flexibility index (Phi) is 5.10. The van der Waals surface area contributed by atoms with Crippen LogP contribution < -0.4 is 10.5 Å². The first-order valence-corrected chi connectivity index (χ1v) is 6.07. The molecule has 0 spiro atoms. The second kappa shape index (κ2) is 6.12. The van der Waals surface area contributed by atoms with Crippen LogP contribution in [0.25, 0.3) is 0 Å². The lowest BCUT2D eigenvalue weighted by atomic mass is 10.0. The maximum Gasteiger partial charge on any atom is 0.122 e. The molecule has 0 saturated carbocycles. The van der Waals surface area contributed by atoms with Gasteiger partial charge in [-0.3, -0.25) is 0 Å². The summed E-state index contributed by atoms with van der Waals surface area (Å²) in [5.74, 6) is 1.33. The summed E-state index contributed by atoms with van der Waals surface area (Å²) in [6.45, 7) is 7.58. The maximum atomic E-state index is 6.18. The van der Waals surface area contributed by atoms with E-state index >= 15 is 0 Å². The third-order valence-electron chi connectivity index (χ3n) is 2.52. The van der Waals surface area contributed by atoms with Crippen LogP contribution in [0, 0.1) is 6.92 Å². The van der Waals surface area contributed by atoms with Gasteiger partial charge in [0.1, 0.15) is 5.75 Å². The molecule has 16 heavy (non-hydrogen) atoms. The molecular weight excluding hydrogens is 222 g/mol. The van der Waals surface area contributed by atoms with Crippen LogP contribution >= 0.6 is 11.6 Å². The third-order valence-corrected chi connectivity index (χ3v) is 2.85. The van der Waals surface area contributed by atoms with E-state index in [-0.39, 0.29) is 0 Å². The van der Waals surface area contributed by atoms with Gasteiger partial charge < -0.3 is 10.5 Å². The van der Waals surface area contributed by atoms with Crippen molar-refractivity contribution >= 4 is 11.6 Å². The highest BCUT2D eigenvalue weighted by molar-refractivity contribution is 6.31. The van der Waals surface area contributed by atoms with Crippen molar-refractivity contribution in [3.05, 3.63) is 28.3 Å². The number of rotatable bonds is 5. The molecule has 0 aliphatic carbocycles. The Bertz CT molecular complexity index is 350. The smallest absolute Gasteiger partial charge is 0.122 e. The quantitative estimate of drug-likeness (QED) is 0.801. The molecule has 0 radical (unpaired) electrons. The Balaban J connectivity index is 2.87. The summed E-state index contributed by atoms with van der Waals surface area (Å²) in [6, 6.07) is 4.01. The summed E-state index contributed by atoms with van der Waals surface area (Å²) in [7, 11) is 0. The van der Waals surface area contributed by atoms with Gasteiger partial charge in [0, 0.05) is 5.02 Å². The van der Waals surface area contributed by atoms with Crippen LogP contribution in [0.15, 0.2) is 12.1 Å². The van der Waals surface area contributed by atoms with Gasteiger partial charge >= 0.3 is 0 Å². The summed E-state index contributed by atoms with van der Waals surface area (Å²) in [6.07, 6.45) is 0.874. The predicted octanol–water partition coefficient (Wildman–Crippen LogP) is 3.50. The minimum absolute atomic E-state index is 0.407. The average Bonchev–Trinajstić information content (AvgIpc) is 2.21. The van der Waals surface area contributed by atoms with Crippen LogP contribution in [0.2, 0.25) is 5.02 Å². The molecular formula is C13H20ClNO. The normalized spacial score (nSPS) is 10.9. The number of hydrogen-bond donors (Lipinski definition) is 1. The number of hydrogen-bond acceptors (Lipinski definition) is 2. The van der Waals surface area contributed by atoms with Gasteiger partial charge in [-0.05, 0) is 49.1 Å². The van der Waals surface area contributed by atoms with E-state index in [1.54, 1.807) is 0 Å². The zero-order valence-corrected chi connectivity index (χ0v) is 11.0. The minimum Gasteiger partial charge on any atom is -0.493 e. The van der Waals surface area contributed by atoms with Gasteiger partial charge in [0.05, 0.1) is 6.61 Å². The summed E-state index contributed by atoms with van der Waals surface area (Å²) in [5, 5.41) is 0.818. The Labute approximate surface area is 103 Å². The van der Waals surface area contributed by atoms with E-state index in [9.17, 15) is 0 Å². The second-order valence-electron chi connectivity index (χ2n) is 4.28. The van der Waals surface area contributed by atoms with E-state index in [0.717, 1.165) is 28.3 Å². The lowest BCUT2D eigenvalue weighted by Gasteiger charge is -2.14. The third kappa shape index (κ3) is 3.39. The van der Waals surface area contributed by atoms with Crippen molar-refractivity contribution in [3.8, 4) is 5.75 Å². The SMILES string of the molecule is Cc1cc(Cl)c(C(C)C)cc1OCCCN. The number of aryl methyl sites for hydroxylation is 1. The summed E-state index contributed by atoms with van der Waals surface area (Å²) in [5.41, 5.74) is 7.64. The standard InChI is InChI=1S/C13H20ClNO/c1-9(2)11-8-13(16-6-4-5-15)10(3)7-12(11)14/h7-9H,4-6,15H2,1-3H3. The summed E-state index contributed by atoms with van der Waals surface area (Å²) >= 11 is 6.18. The Morgan fingerprint density at radius 3 is 2.62 bits per heavy atom. The van der Waals surface area contributed by atoms with Crippen molar-refractivity contribution in [2.45, 2.75) is 33.1 Å². The molecule has 0 unspecified atom stereocenters. The highest BCUT2D eigenvalue weighted by Gasteiger charge is 2.09. The van der Waals surface area contributed by atoms with Crippen LogP contribution in [0.1, 0.15) is 37.3 Å². The van der Waals surface area contributed by atoms with E-state index in [1.165, 1.54) is 0 Å². The number of nitrogens with two attached hydrogens (primary N) is 1. The maximum absolute atomic E-state index is 6.18. The molecule has 2 nitrogen and oxygen atoms in total. The first-order valence-electron chi connectivity index (χ1n) is 5.69. The van der Waals surface area contributed by atoms with Crippen molar-refractivity contribution in [1.29, 1.82) is 0 Å². The topological polar surface area (TPSA) is 35.2 Å². The zero-order valence-electron chi connectivity index (χ0n) is 10.2. The van der Waals surface area contributed by atoms with Crippen molar-refractivity contribution in [2.24, 2.45) is 5.73 Å². The monoisotopic (exact) mass is 241 g/mol. The molecule has 0 saturated heterocycles. The van der Waals surface area contributed by atoms with Crippen LogP contribution in [0.3, 0.4) is 0 Å². The lowest BCUT2D eigenvalue weighted by Crippen LogP contribution is -2.07. The Morgan fingerprint density at radius 2 is 2.06 bits per heavy atom. The Hall–Kier alpha value is -0.730. The van der Waals surface area contributed by atoms with Gasteiger partial charge in [-0.25, -0.2) is 0 Å². The highest BCUT2D eigenvalue weighted by Crippen LogP contribution is 2.31. The van der Waals surface area contributed by atoms with E-state index in [0.29, 0.717) is 19.1 Å². The van der Waals surface area contributed by atoms with E-state index < -0.39 is 0 Å². The molecule has 0 aliphatic rings. The van der Waals surface area contributed by atoms with Crippen LogP contribution in [-0.2, 0) is 0 Å². The summed E-state index contributed by atoms with van der Waals surface area (Å²) < 4.78 is 5.68. The van der Waals surface area contributed by atoms with Gasteiger partial charge in [-0.2, -0.15) is 0 Å². The molecule has 3 heteroatoms. The minimum atomic E-state index is 0.407. The largest absolute Gasteiger partial charge is 0.493 e. The van der Waals surface area contributed by atoms with Crippen molar-refractivity contribution < 1.29 is 4.74 Å². The highest BCUT2D eigenvalue weighted by atomic mass is 35.5. The van der Waals surface area contributed by atoms with Gasteiger partial charge in [0.2, 0.25) is 0 Å². The molecule has 1 rings (SSSR count). The first kappa shape index (κ1) is 13.3. The van der Waals surface area contributed by atoms with Crippen LogP contribution in [0.4, 0.5) is 0 Å². The summed E-state index contributed by atoms with van der Waals surface area (Å²) in [4.78, 5) is 0. The molecule has 0 aliphatic heterocycles. The van der Waals surface area contributed by atoms with Crippen molar-refractivity contribution in [3.63, 3.8) is 0 Å². The number of ether oxygens (including phenoxy) is 1. The molecule has 2 N–H and O–H groups in total. The fourth-order valence-corrected chi connectivity index (χ4v) is 1.97. The fraction of sp³-hybridized carbons (Fsp3) is 0.538. The van der Waals surface area contributed by atoms with Crippen LogP contribution in [0.5, 0.6) is 5.75 Å². The molecule has 0 atom stereocenters. The average molecular weight is 242 g/mol. The van der Waals surface area contributed by atoms with E-state index in [1.807, 2.05) is 19.1 Å². The molecule has 90 valence electrons. The fourth-order valence-electron chi connectivity index (χ4n) is 1.53. The van der Waals surface area contributed by atoms with E-state index in [2.05, 4.69) is 13.8 Å². The number of halogens is 1. The van der Waals surface area contributed by atoms with E-state index in [4.69, 9.17) is 22.1 Å². The predicted molar refractivity (Wildman–Crippen MR) is 69.4 cm³/mol. The van der Waals surface area contributed by atoms with Crippen molar-refractivity contribution in [2.75, 3.05) is 13.2 Å². The zero-order chi connectivity index (χ0) is 12.1. The molecule has 1 aromatic carbocycles. The molecule has 0 bridgehead atoms. The van der Waals surface area contributed by atoms with Gasteiger partial charge in [0.15, 0.2) is 0 Å². The molecule has 0 aromatic heterocycles.